The highest BCUT2D eigenvalue weighted by molar-refractivity contribution is 8.03. The Bertz CT molecular complexity index is 363. The Balaban J connectivity index is 2.81. The van der Waals surface area contributed by atoms with Crippen LogP contribution in [0.15, 0.2) is 40.5 Å². The molecule has 5 heteroatoms. The Morgan fingerprint density at radius 1 is 1.53 bits per heavy atom. The van der Waals surface area contributed by atoms with Crippen LogP contribution >= 0.6 is 11.8 Å². The van der Waals surface area contributed by atoms with Gasteiger partial charge in [-0.15, -0.1) is 0 Å². The molecule has 80 valence electrons. The van der Waals surface area contributed by atoms with Gasteiger partial charge in [-0.2, -0.15) is 0 Å². The van der Waals surface area contributed by atoms with Crippen LogP contribution in [0.4, 0.5) is 0 Å². The molecule has 1 rings (SSSR count). The van der Waals surface area contributed by atoms with Gasteiger partial charge in [0.25, 0.3) is 0 Å². The van der Waals surface area contributed by atoms with Gasteiger partial charge in [0, 0.05) is 26.5 Å². The van der Waals surface area contributed by atoms with Crippen molar-refractivity contribution in [3.8, 4) is 0 Å². The van der Waals surface area contributed by atoms with Gasteiger partial charge in [0.1, 0.15) is 9.93 Å². The molecule has 1 aromatic rings. The first kappa shape index (κ1) is 11.6. The molecule has 0 spiro atoms. The molecule has 0 saturated heterocycles. The zero-order valence-electron chi connectivity index (χ0n) is 8.54. The minimum Gasteiger partial charge on any atom is -0.477 e. The number of carbonyl (C=O) groups is 1. The summed E-state index contributed by atoms with van der Waals surface area (Å²) in [6.07, 6.45) is 3.19. The number of pyridine rings is 1. The Kier molecular flexibility index (Phi) is 4.17. The van der Waals surface area contributed by atoms with Crippen molar-refractivity contribution >= 4 is 17.7 Å². The van der Waals surface area contributed by atoms with Crippen LogP contribution in [0, 0.1) is 0 Å². The zero-order valence-corrected chi connectivity index (χ0v) is 9.36. The number of carboxylic acid groups (broad SMARTS) is 1. The zero-order chi connectivity index (χ0) is 11.3. The summed E-state index contributed by atoms with van der Waals surface area (Å²) in [5.74, 6) is -0.945. The second-order valence-electron chi connectivity index (χ2n) is 3.03. The van der Waals surface area contributed by atoms with Crippen molar-refractivity contribution < 1.29 is 9.90 Å². The molecule has 0 aliphatic carbocycles. The molecule has 0 amide bonds. The third-order valence-corrected chi connectivity index (χ3v) is 2.39. The fraction of sp³-hybridized carbons (Fsp3) is 0.200. The lowest BCUT2D eigenvalue weighted by molar-refractivity contribution is -0.131. The number of aliphatic carboxylic acids is 1. The molecule has 1 aromatic heterocycles. The maximum atomic E-state index is 10.9. The van der Waals surface area contributed by atoms with E-state index in [4.69, 9.17) is 5.11 Å². The topological polar surface area (TPSA) is 53.4 Å². The molecular weight excluding hydrogens is 212 g/mol. The van der Waals surface area contributed by atoms with Crippen molar-refractivity contribution in [3.05, 3.63) is 35.5 Å². The lowest BCUT2D eigenvalue weighted by Gasteiger charge is -2.07. The fourth-order valence-corrected chi connectivity index (χ4v) is 1.72. The number of thioether (sulfide) groups is 1. The van der Waals surface area contributed by atoms with Gasteiger partial charge in [0.05, 0.1) is 0 Å². The van der Waals surface area contributed by atoms with Gasteiger partial charge in [-0.3, -0.25) is 0 Å². The Labute approximate surface area is 92.6 Å². The molecule has 0 aromatic carbocycles. The molecule has 4 nitrogen and oxygen atoms in total. The summed E-state index contributed by atoms with van der Waals surface area (Å²) in [7, 11) is 3.56. The largest absolute Gasteiger partial charge is 0.477 e. The average molecular weight is 224 g/mol. The second kappa shape index (κ2) is 5.41. The van der Waals surface area contributed by atoms with Crippen LogP contribution < -0.4 is 0 Å². The van der Waals surface area contributed by atoms with E-state index >= 15 is 0 Å². The van der Waals surface area contributed by atoms with E-state index in [9.17, 15) is 4.79 Å². The Morgan fingerprint density at radius 2 is 2.27 bits per heavy atom. The first-order valence-electron chi connectivity index (χ1n) is 4.30. The summed E-state index contributed by atoms with van der Waals surface area (Å²) in [4.78, 5) is 16.9. The number of hydrogen-bond acceptors (Lipinski definition) is 4. The fourth-order valence-electron chi connectivity index (χ4n) is 0.880. The molecule has 0 aliphatic heterocycles. The van der Waals surface area contributed by atoms with Gasteiger partial charge in [0.2, 0.25) is 0 Å². The van der Waals surface area contributed by atoms with Gasteiger partial charge in [-0.25, -0.2) is 9.78 Å². The molecular formula is C10H12N2O2S. The predicted octanol–water partition coefficient (Wildman–Crippen LogP) is 1.66. The van der Waals surface area contributed by atoms with E-state index < -0.39 is 5.97 Å². The SMILES string of the molecule is CN(C)/C=C(\Sc1ccccn1)C(=O)O. The molecule has 0 radical (unpaired) electrons. The normalized spacial score (nSPS) is 11.2. The average Bonchev–Trinajstić information content (AvgIpc) is 2.17. The maximum Gasteiger partial charge on any atom is 0.344 e. The third-order valence-electron chi connectivity index (χ3n) is 1.44. The molecule has 0 fully saturated rings. The Morgan fingerprint density at radius 3 is 2.73 bits per heavy atom. The van der Waals surface area contributed by atoms with Gasteiger partial charge in [-0.1, -0.05) is 17.8 Å². The van der Waals surface area contributed by atoms with Crippen molar-refractivity contribution in [1.82, 2.24) is 9.88 Å². The molecule has 0 unspecified atom stereocenters. The van der Waals surface area contributed by atoms with Crippen molar-refractivity contribution in [3.63, 3.8) is 0 Å². The summed E-state index contributed by atoms with van der Waals surface area (Å²) >= 11 is 1.13. The monoisotopic (exact) mass is 224 g/mol. The number of nitrogens with zero attached hydrogens (tertiary/aromatic N) is 2. The number of hydrogen-bond donors (Lipinski definition) is 1. The van der Waals surface area contributed by atoms with Crippen LogP contribution in [0.3, 0.4) is 0 Å². The van der Waals surface area contributed by atoms with Crippen molar-refractivity contribution in [2.45, 2.75) is 5.03 Å². The highest BCUT2D eigenvalue weighted by Crippen LogP contribution is 2.24. The summed E-state index contributed by atoms with van der Waals surface area (Å²) < 4.78 is 0. The second-order valence-corrected chi connectivity index (χ2v) is 4.09. The van der Waals surface area contributed by atoms with Gasteiger partial charge >= 0.3 is 5.97 Å². The number of carboxylic acids is 1. The molecule has 1 N–H and O–H groups in total. The lowest BCUT2D eigenvalue weighted by atomic mass is 10.5. The van der Waals surface area contributed by atoms with Gasteiger partial charge < -0.3 is 10.0 Å². The molecule has 0 bridgehead atoms. The van der Waals surface area contributed by atoms with Crippen molar-refractivity contribution in [1.29, 1.82) is 0 Å². The highest BCUT2D eigenvalue weighted by atomic mass is 32.2. The van der Waals surface area contributed by atoms with E-state index in [2.05, 4.69) is 4.98 Å². The van der Waals surface area contributed by atoms with E-state index in [1.54, 1.807) is 43.5 Å². The van der Waals surface area contributed by atoms with Crippen LogP contribution in [0.25, 0.3) is 0 Å². The first-order valence-corrected chi connectivity index (χ1v) is 5.11. The Hall–Kier alpha value is -1.49. The highest BCUT2D eigenvalue weighted by Gasteiger charge is 2.10. The van der Waals surface area contributed by atoms with Crippen molar-refractivity contribution in [2.75, 3.05) is 14.1 Å². The number of aromatic nitrogens is 1. The predicted molar refractivity (Wildman–Crippen MR) is 59.5 cm³/mol. The lowest BCUT2D eigenvalue weighted by Crippen LogP contribution is -2.06. The maximum absolute atomic E-state index is 10.9. The summed E-state index contributed by atoms with van der Waals surface area (Å²) in [5, 5.41) is 9.61. The standard InChI is InChI=1S/C10H12N2O2S/c1-12(2)7-8(10(13)14)15-9-5-3-4-6-11-9/h3-7H,1-2H3,(H,13,14)/b8-7-. The molecule has 1 heterocycles. The van der Waals surface area contributed by atoms with Crippen LogP contribution in [-0.4, -0.2) is 35.1 Å². The van der Waals surface area contributed by atoms with Crippen LogP contribution in [0.2, 0.25) is 0 Å². The first-order chi connectivity index (χ1) is 7.09. The smallest absolute Gasteiger partial charge is 0.344 e. The summed E-state index contributed by atoms with van der Waals surface area (Å²) in [5.41, 5.74) is 0. The van der Waals surface area contributed by atoms with E-state index in [0.717, 1.165) is 11.8 Å². The molecule has 15 heavy (non-hydrogen) atoms. The summed E-state index contributed by atoms with van der Waals surface area (Å²) in [6.45, 7) is 0. The van der Waals surface area contributed by atoms with Gasteiger partial charge in [-0.05, 0) is 12.1 Å². The van der Waals surface area contributed by atoms with Crippen LogP contribution in [0.5, 0.6) is 0 Å². The number of rotatable bonds is 4. The van der Waals surface area contributed by atoms with E-state index in [1.807, 2.05) is 6.07 Å². The van der Waals surface area contributed by atoms with Gasteiger partial charge in [0.15, 0.2) is 0 Å². The quantitative estimate of drug-likeness (QED) is 0.622. The van der Waals surface area contributed by atoms with Crippen LogP contribution in [-0.2, 0) is 4.79 Å². The van der Waals surface area contributed by atoms with E-state index in [0.29, 0.717) is 5.03 Å². The van der Waals surface area contributed by atoms with E-state index in [1.165, 1.54) is 0 Å². The molecule has 0 atom stereocenters. The third kappa shape index (κ3) is 4.03. The minimum absolute atomic E-state index is 0.249. The van der Waals surface area contributed by atoms with Crippen molar-refractivity contribution in [2.24, 2.45) is 0 Å². The molecule has 0 aliphatic rings. The minimum atomic E-state index is -0.945. The van der Waals surface area contributed by atoms with Crippen LogP contribution in [0.1, 0.15) is 0 Å². The molecule has 0 saturated carbocycles. The summed E-state index contributed by atoms with van der Waals surface area (Å²) in [6, 6.07) is 5.39. The van der Waals surface area contributed by atoms with E-state index in [-0.39, 0.29) is 4.91 Å².